The Bertz CT molecular complexity index is 425. The molecule has 98 valence electrons. The lowest BCUT2D eigenvalue weighted by molar-refractivity contribution is -0.384. The molecule has 0 saturated heterocycles. The van der Waals surface area contributed by atoms with E-state index in [9.17, 15) is 14.9 Å². The van der Waals surface area contributed by atoms with Gasteiger partial charge in [0.15, 0.2) is 5.78 Å². The minimum absolute atomic E-state index is 0.0154. The summed E-state index contributed by atoms with van der Waals surface area (Å²) in [6.07, 6.45) is 2.36. The summed E-state index contributed by atoms with van der Waals surface area (Å²) in [7, 11) is 0. The van der Waals surface area contributed by atoms with E-state index in [1.807, 2.05) is 20.8 Å². The molecule has 0 bridgehead atoms. The number of nitrogens with zero attached hydrogens (tertiary/aromatic N) is 1. The molecule has 0 fully saturated rings. The molecule has 0 atom stereocenters. The molecule has 4 nitrogen and oxygen atoms in total. The van der Waals surface area contributed by atoms with Crippen molar-refractivity contribution in [3.63, 3.8) is 0 Å². The van der Waals surface area contributed by atoms with Crippen LogP contribution in [0.25, 0.3) is 0 Å². The van der Waals surface area contributed by atoms with E-state index in [0.29, 0.717) is 5.56 Å². The summed E-state index contributed by atoms with van der Waals surface area (Å²) in [5.41, 5.74) is 0.239. The van der Waals surface area contributed by atoms with Gasteiger partial charge in [-0.1, -0.05) is 20.8 Å². The van der Waals surface area contributed by atoms with Gasteiger partial charge in [-0.2, -0.15) is 0 Å². The number of nitro groups is 1. The van der Waals surface area contributed by atoms with Gasteiger partial charge in [0.1, 0.15) is 0 Å². The predicted octanol–water partition coefficient (Wildman–Crippen LogP) is 3.99. The van der Waals surface area contributed by atoms with Gasteiger partial charge in [-0.3, -0.25) is 14.9 Å². The summed E-state index contributed by atoms with van der Waals surface area (Å²) in [6, 6.07) is 5.88. The number of nitro benzene ring substituents is 1. The Kier molecular flexibility index (Phi) is 4.59. The molecule has 0 radical (unpaired) electrons. The number of ketones is 1. The smallest absolute Gasteiger partial charge is 0.269 e. The van der Waals surface area contributed by atoms with Gasteiger partial charge in [0.2, 0.25) is 0 Å². The average molecular weight is 249 g/mol. The maximum Gasteiger partial charge on any atom is 0.269 e. The number of hydrogen-bond acceptors (Lipinski definition) is 3. The molecule has 1 aromatic rings. The fourth-order valence-corrected chi connectivity index (χ4v) is 2.27. The summed E-state index contributed by atoms with van der Waals surface area (Å²) >= 11 is 0. The van der Waals surface area contributed by atoms with Crippen molar-refractivity contribution < 1.29 is 9.72 Å². The highest BCUT2D eigenvalue weighted by Crippen LogP contribution is 2.34. The summed E-state index contributed by atoms with van der Waals surface area (Å²) in [5, 5.41) is 10.6. The average Bonchev–Trinajstić information content (AvgIpc) is 2.41. The lowest BCUT2D eigenvalue weighted by atomic mass is 9.74. The fraction of sp³-hybridized carbons (Fsp3) is 0.500. The van der Waals surface area contributed by atoms with Gasteiger partial charge in [0.05, 0.1) is 4.92 Å². The van der Waals surface area contributed by atoms with Gasteiger partial charge in [-0.15, -0.1) is 0 Å². The predicted molar refractivity (Wildman–Crippen MR) is 70.7 cm³/mol. The van der Waals surface area contributed by atoms with Gasteiger partial charge in [0.25, 0.3) is 5.69 Å². The minimum atomic E-state index is -0.457. The zero-order valence-corrected chi connectivity index (χ0v) is 11.1. The largest absolute Gasteiger partial charge is 0.294 e. The Morgan fingerprint density at radius 1 is 1.11 bits per heavy atom. The summed E-state index contributed by atoms with van der Waals surface area (Å²) in [6.45, 7) is 6.03. The van der Waals surface area contributed by atoms with Crippen LogP contribution in [0.5, 0.6) is 0 Å². The van der Waals surface area contributed by atoms with Crippen LogP contribution >= 0.6 is 0 Å². The summed E-state index contributed by atoms with van der Waals surface area (Å²) < 4.78 is 0. The molecule has 4 heteroatoms. The number of Topliss-reactive ketones (excluding diaryl/α,β-unsaturated/α-hetero) is 1. The van der Waals surface area contributed by atoms with E-state index in [-0.39, 0.29) is 16.9 Å². The van der Waals surface area contributed by atoms with E-state index in [4.69, 9.17) is 0 Å². The van der Waals surface area contributed by atoms with Crippen LogP contribution in [0.3, 0.4) is 0 Å². The van der Waals surface area contributed by atoms with E-state index in [1.54, 1.807) is 12.1 Å². The van der Waals surface area contributed by atoms with Crippen LogP contribution in [0, 0.1) is 15.5 Å². The number of non-ortho nitro benzene ring substituents is 1. The third-order valence-corrected chi connectivity index (χ3v) is 3.85. The maximum absolute atomic E-state index is 12.5. The Morgan fingerprint density at radius 3 is 1.89 bits per heavy atom. The van der Waals surface area contributed by atoms with Crippen LogP contribution < -0.4 is 0 Å². The minimum Gasteiger partial charge on any atom is -0.294 e. The SMILES string of the molecule is CCC(CC)(CC)C(=O)c1ccc([N+](=O)[O-])cc1. The molecule has 0 aliphatic carbocycles. The van der Waals surface area contributed by atoms with E-state index in [2.05, 4.69) is 0 Å². The molecule has 0 N–H and O–H groups in total. The highest BCUT2D eigenvalue weighted by atomic mass is 16.6. The second-order valence-electron chi connectivity index (χ2n) is 4.47. The monoisotopic (exact) mass is 249 g/mol. The first-order valence-electron chi connectivity index (χ1n) is 6.30. The van der Waals surface area contributed by atoms with Gasteiger partial charge in [-0.25, -0.2) is 0 Å². The zero-order chi connectivity index (χ0) is 13.8. The summed E-state index contributed by atoms with van der Waals surface area (Å²) in [4.78, 5) is 22.6. The molecule has 0 aromatic heterocycles. The van der Waals surface area contributed by atoms with Crippen LogP contribution in [0.4, 0.5) is 5.69 Å². The molecule has 0 amide bonds. The van der Waals surface area contributed by atoms with Crippen molar-refractivity contribution in [1.29, 1.82) is 0 Å². The molecule has 0 unspecified atom stereocenters. The third kappa shape index (κ3) is 2.58. The van der Waals surface area contributed by atoms with Gasteiger partial charge in [0, 0.05) is 23.1 Å². The van der Waals surface area contributed by atoms with Crippen LogP contribution in [0.1, 0.15) is 50.4 Å². The molecule has 0 spiro atoms. The van der Waals surface area contributed by atoms with Crippen LogP contribution in [0.15, 0.2) is 24.3 Å². The fourth-order valence-electron chi connectivity index (χ4n) is 2.27. The number of hydrogen-bond donors (Lipinski definition) is 0. The molecule has 0 heterocycles. The standard InChI is InChI=1S/C14H19NO3/c1-4-14(5-2,6-3)13(16)11-7-9-12(10-8-11)15(17)18/h7-10H,4-6H2,1-3H3. The molecule has 0 aliphatic heterocycles. The Labute approximate surface area is 107 Å². The van der Waals surface area contributed by atoms with Gasteiger partial charge >= 0.3 is 0 Å². The lowest BCUT2D eigenvalue weighted by Gasteiger charge is -2.28. The van der Waals surface area contributed by atoms with Crippen LogP contribution in [-0.2, 0) is 0 Å². The highest BCUT2D eigenvalue weighted by Gasteiger charge is 2.33. The molecule has 1 aromatic carbocycles. The van der Waals surface area contributed by atoms with Crippen molar-refractivity contribution in [3.8, 4) is 0 Å². The van der Waals surface area contributed by atoms with E-state index >= 15 is 0 Å². The molecule has 1 rings (SSSR count). The first-order valence-corrected chi connectivity index (χ1v) is 6.30. The van der Waals surface area contributed by atoms with Gasteiger partial charge < -0.3 is 0 Å². The first-order chi connectivity index (χ1) is 8.50. The normalized spacial score (nSPS) is 11.3. The van der Waals surface area contributed by atoms with Crippen LogP contribution in [0.2, 0.25) is 0 Å². The van der Waals surface area contributed by atoms with E-state index in [1.165, 1.54) is 12.1 Å². The quantitative estimate of drug-likeness (QED) is 0.435. The highest BCUT2D eigenvalue weighted by molar-refractivity contribution is 6.00. The van der Waals surface area contributed by atoms with Gasteiger partial charge in [-0.05, 0) is 31.4 Å². The maximum atomic E-state index is 12.5. The molecular weight excluding hydrogens is 230 g/mol. The van der Waals surface area contributed by atoms with Crippen molar-refractivity contribution in [2.24, 2.45) is 5.41 Å². The topological polar surface area (TPSA) is 60.2 Å². The Balaban J connectivity index is 3.06. The molecule has 0 saturated carbocycles. The number of benzene rings is 1. The number of rotatable bonds is 6. The van der Waals surface area contributed by atoms with Crippen molar-refractivity contribution in [3.05, 3.63) is 39.9 Å². The Morgan fingerprint density at radius 2 is 1.56 bits per heavy atom. The lowest BCUT2D eigenvalue weighted by Crippen LogP contribution is -2.29. The Hall–Kier alpha value is -1.71. The third-order valence-electron chi connectivity index (χ3n) is 3.85. The number of carbonyl (C=O) groups is 1. The molecule has 0 aliphatic rings. The van der Waals surface area contributed by atoms with Crippen molar-refractivity contribution in [2.45, 2.75) is 40.0 Å². The second-order valence-corrected chi connectivity index (χ2v) is 4.47. The summed E-state index contributed by atoms with van der Waals surface area (Å²) in [5.74, 6) is 0.0879. The van der Waals surface area contributed by atoms with Crippen molar-refractivity contribution >= 4 is 11.5 Å². The second kappa shape index (κ2) is 5.76. The zero-order valence-electron chi connectivity index (χ0n) is 11.1. The van der Waals surface area contributed by atoms with Crippen LogP contribution in [-0.4, -0.2) is 10.7 Å². The van der Waals surface area contributed by atoms with Crippen molar-refractivity contribution in [1.82, 2.24) is 0 Å². The van der Waals surface area contributed by atoms with Crippen molar-refractivity contribution in [2.75, 3.05) is 0 Å². The number of carbonyl (C=O) groups excluding carboxylic acids is 1. The van der Waals surface area contributed by atoms with E-state index in [0.717, 1.165) is 19.3 Å². The molecule has 18 heavy (non-hydrogen) atoms. The molecular formula is C14H19NO3. The van der Waals surface area contributed by atoms with E-state index < -0.39 is 4.92 Å². The first kappa shape index (κ1) is 14.4.